The Labute approximate surface area is 222 Å². The van der Waals surface area contributed by atoms with Crippen LogP contribution in [0.1, 0.15) is 33.1 Å². The second kappa shape index (κ2) is 8.26. The van der Waals surface area contributed by atoms with Gasteiger partial charge in [0.05, 0.1) is 28.5 Å². The van der Waals surface area contributed by atoms with Gasteiger partial charge in [0, 0.05) is 23.9 Å². The Morgan fingerprint density at radius 2 is 1.74 bits per heavy atom. The number of benzene rings is 3. The van der Waals surface area contributed by atoms with Crippen molar-refractivity contribution in [2.75, 3.05) is 11.7 Å². The predicted octanol–water partition coefficient (Wildman–Crippen LogP) is 4.03. The third-order valence-corrected chi connectivity index (χ3v) is 8.02. The van der Waals surface area contributed by atoms with E-state index in [0.717, 1.165) is 16.0 Å². The zero-order valence-electron chi connectivity index (χ0n) is 20.6. The summed E-state index contributed by atoms with van der Waals surface area (Å²) in [5.74, 6) is -2.02. The number of nitrogens with zero attached hydrogens (tertiary/aromatic N) is 3. The summed E-state index contributed by atoms with van der Waals surface area (Å²) in [5.41, 5.74) is 2.69. The van der Waals surface area contributed by atoms with E-state index in [-0.39, 0.29) is 24.0 Å². The minimum absolute atomic E-state index is 0.0609. The molecule has 2 saturated heterocycles. The van der Waals surface area contributed by atoms with Crippen LogP contribution < -0.4 is 14.4 Å². The van der Waals surface area contributed by atoms with E-state index in [2.05, 4.69) is 0 Å². The molecule has 4 heterocycles. The average Bonchev–Trinajstić information content (AvgIpc) is 3.61. The van der Waals surface area contributed by atoms with Gasteiger partial charge in [0.15, 0.2) is 17.3 Å². The summed E-state index contributed by atoms with van der Waals surface area (Å²) >= 11 is 0. The van der Waals surface area contributed by atoms with Crippen LogP contribution in [0.5, 0.6) is 11.5 Å². The topological polar surface area (TPSA) is 119 Å². The van der Waals surface area contributed by atoms with Crippen molar-refractivity contribution in [3.05, 3.63) is 99.2 Å². The van der Waals surface area contributed by atoms with Gasteiger partial charge in [0.1, 0.15) is 6.04 Å². The summed E-state index contributed by atoms with van der Waals surface area (Å²) < 4.78 is 10.8. The fourth-order valence-electron chi connectivity index (χ4n) is 6.32. The number of anilines is 1. The lowest BCUT2D eigenvalue weighted by Gasteiger charge is -2.35. The van der Waals surface area contributed by atoms with E-state index in [1.807, 2.05) is 35.2 Å². The summed E-state index contributed by atoms with van der Waals surface area (Å²) in [5, 5.41) is 11.3. The highest BCUT2D eigenvalue weighted by Crippen LogP contribution is 2.54. The SMILES string of the molecule is Cc1cc([N+](=O)[O-])ccc1N1C(=O)[C@@H]2[C@@H](C1=O)[C@@H]1c3ccccc3C=CN1[C@@H]2C(=O)c1ccc2c(c1)OCO2. The van der Waals surface area contributed by atoms with Crippen LogP contribution >= 0.6 is 0 Å². The maximum absolute atomic E-state index is 14.1. The predicted molar refractivity (Wildman–Crippen MR) is 138 cm³/mol. The number of carbonyl (C=O) groups excluding carboxylic acids is 3. The lowest BCUT2D eigenvalue weighted by molar-refractivity contribution is -0.384. The maximum Gasteiger partial charge on any atom is 0.269 e. The van der Waals surface area contributed by atoms with Crippen LogP contribution in [0.2, 0.25) is 0 Å². The van der Waals surface area contributed by atoms with E-state index in [1.165, 1.54) is 18.2 Å². The average molecular weight is 524 g/mol. The van der Waals surface area contributed by atoms with Crippen LogP contribution in [-0.4, -0.2) is 40.3 Å². The van der Waals surface area contributed by atoms with Crippen molar-refractivity contribution in [1.29, 1.82) is 0 Å². The number of ketones is 1. The second-order valence-electron chi connectivity index (χ2n) is 10.0. The van der Waals surface area contributed by atoms with Crippen LogP contribution in [0.15, 0.2) is 66.9 Å². The Morgan fingerprint density at radius 3 is 2.54 bits per heavy atom. The number of Topliss-reactive ketones (excluding diaryl/α,β-unsaturated/α-hetero) is 1. The molecular formula is C29H21N3O7. The number of hydrogen-bond donors (Lipinski definition) is 0. The van der Waals surface area contributed by atoms with Gasteiger partial charge in [0.25, 0.3) is 5.69 Å². The largest absolute Gasteiger partial charge is 0.454 e. The van der Waals surface area contributed by atoms with Gasteiger partial charge >= 0.3 is 0 Å². The Kier molecular flexibility index (Phi) is 4.90. The van der Waals surface area contributed by atoms with Crippen molar-refractivity contribution in [1.82, 2.24) is 4.90 Å². The number of ether oxygens (including phenoxy) is 2. The smallest absolute Gasteiger partial charge is 0.269 e. The highest BCUT2D eigenvalue weighted by Gasteiger charge is 2.64. The summed E-state index contributed by atoms with van der Waals surface area (Å²) in [4.78, 5) is 55.9. The molecule has 2 amide bonds. The number of amides is 2. The number of imide groups is 1. The number of rotatable bonds is 4. The van der Waals surface area contributed by atoms with Gasteiger partial charge in [0.2, 0.25) is 18.6 Å². The molecular weight excluding hydrogens is 502 g/mol. The molecule has 2 fully saturated rings. The molecule has 0 spiro atoms. The van der Waals surface area contributed by atoms with Gasteiger partial charge in [-0.25, -0.2) is 4.90 Å². The molecule has 0 bridgehead atoms. The van der Waals surface area contributed by atoms with E-state index in [4.69, 9.17) is 9.47 Å². The number of non-ortho nitro benzene ring substituents is 1. The van der Waals surface area contributed by atoms with Crippen LogP contribution in [0.4, 0.5) is 11.4 Å². The number of carbonyl (C=O) groups is 3. The molecule has 0 radical (unpaired) electrons. The van der Waals surface area contributed by atoms with Gasteiger partial charge in [-0.15, -0.1) is 0 Å². The van der Waals surface area contributed by atoms with Crippen molar-refractivity contribution in [2.45, 2.75) is 19.0 Å². The summed E-state index contributed by atoms with van der Waals surface area (Å²) in [7, 11) is 0. The van der Waals surface area contributed by atoms with Crippen LogP contribution in [-0.2, 0) is 9.59 Å². The summed E-state index contributed by atoms with van der Waals surface area (Å²) in [6.45, 7) is 1.68. The Hall–Kier alpha value is -4.99. The van der Waals surface area contributed by atoms with Crippen LogP contribution in [0.3, 0.4) is 0 Å². The number of nitro groups is 1. The van der Waals surface area contributed by atoms with E-state index >= 15 is 0 Å². The molecule has 7 rings (SSSR count). The lowest BCUT2D eigenvalue weighted by Crippen LogP contribution is -2.44. The molecule has 194 valence electrons. The molecule has 10 nitrogen and oxygen atoms in total. The van der Waals surface area contributed by atoms with Crippen molar-refractivity contribution in [2.24, 2.45) is 11.8 Å². The quantitative estimate of drug-likeness (QED) is 0.218. The van der Waals surface area contributed by atoms with Crippen molar-refractivity contribution in [3.8, 4) is 11.5 Å². The second-order valence-corrected chi connectivity index (χ2v) is 10.0. The first kappa shape index (κ1) is 23.2. The standard InChI is InChI=1S/C29H21N3O7/c1-15-12-18(32(36)37)7-8-20(15)31-28(34)23-24(29(31)35)26(27(33)17-6-9-21-22(13-17)39-14-38-21)30-11-10-16-4-2-3-5-19(16)25(23)30/h2-13,23-26H,14H2,1H3/t23-,24-,25+,26+/m1/s1. The first-order valence-corrected chi connectivity index (χ1v) is 12.5. The first-order chi connectivity index (χ1) is 18.8. The third kappa shape index (κ3) is 3.24. The van der Waals surface area contributed by atoms with Crippen molar-refractivity contribution in [3.63, 3.8) is 0 Å². The fraction of sp³-hybridized carbons (Fsp3) is 0.207. The van der Waals surface area contributed by atoms with Crippen molar-refractivity contribution >= 4 is 35.0 Å². The molecule has 10 heteroatoms. The first-order valence-electron chi connectivity index (χ1n) is 12.5. The minimum Gasteiger partial charge on any atom is -0.454 e. The Morgan fingerprint density at radius 1 is 0.974 bits per heavy atom. The number of aryl methyl sites for hydroxylation is 1. The van der Waals surface area contributed by atoms with Gasteiger partial charge < -0.3 is 14.4 Å². The molecule has 0 saturated carbocycles. The zero-order chi connectivity index (χ0) is 27.0. The van der Waals surface area contributed by atoms with E-state index in [1.54, 1.807) is 31.3 Å². The maximum atomic E-state index is 14.1. The molecule has 3 aromatic carbocycles. The fourth-order valence-corrected chi connectivity index (χ4v) is 6.32. The summed E-state index contributed by atoms with van der Waals surface area (Å²) in [6, 6.07) is 15.1. The van der Waals surface area contributed by atoms with Crippen molar-refractivity contribution < 1.29 is 28.8 Å². The molecule has 0 N–H and O–H groups in total. The monoisotopic (exact) mass is 523 g/mol. The van der Waals surface area contributed by atoms with Crippen LogP contribution in [0.25, 0.3) is 6.08 Å². The molecule has 0 aliphatic carbocycles. The minimum atomic E-state index is -0.953. The van der Waals surface area contributed by atoms with Gasteiger partial charge in [-0.1, -0.05) is 24.3 Å². The molecule has 3 aromatic rings. The normalized spacial score (nSPS) is 24.0. The highest BCUT2D eigenvalue weighted by atomic mass is 16.7. The molecule has 39 heavy (non-hydrogen) atoms. The van der Waals surface area contributed by atoms with Gasteiger partial charge in [-0.2, -0.15) is 0 Å². The molecule has 4 aliphatic heterocycles. The lowest BCUT2D eigenvalue weighted by atomic mass is 9.83. The van der Waals surface area contributed by atoms with Gasteiger partial charge in [-0.05, 0) is 54.0 Å². The number of nitro benzene ring substituents is 1. The number of fused-ring (bicyclic) bond motifs is 6. The number of hydrogen-bond acceptors (Lipinski definition) is 8. The molecule has 4 aliphatic rings. The van der Waals surface area contributed by atoms with Crippen LogP contribution in [0, 0.1) is 28.9 Å². The van der Waals surface area contributed by atoms with E-state index in [0.29, 0.717) is 22.6 Å². The van der Waals surface area contributed by atoms with E-state index < -0.39 is 40.7 Å². The highest BCUT2D eigenvalue weighted by molar-refractivity contribution is 6.25. The Balaban J connectivity index is 1.35. The third-order valence-electron chi connectivity index (χ3n) is 8.02. The molecule has 0 aromatic heterocycles. The van der Waals surface area contributed by atoms with E-state index in [9.17, 15) is 24.5 Å². The zero-order valence-corrected chi connectivity index (χ0v) is 20.6. The van der Waals surface area contributed by atoms with Gasteiger partial charge in [-0.3, -0.25) is 24.5 Å². The molecule has 0 unspecified atom stereocenters. The Bertz CT molecular complexity index is 1650. The summed E-state index contributed by atoms with van der Waals surface area (Å²) in [6.07, 6.45) is 3.68. The molecule has 4 atom stereocenters.